The normalized spacial score (nSPS) is 12.5. The summed E-state index contributed by atoms with van der Waals surface area (Å²) in [6.45, 7) is 1.61. The molecule has 0 heterocycles. The van der Waals surface area contributed by atoms with Crippen LogP contribution in [0.15, 0.2) is 18.2 Å². The number of rotatable bonds is 2. The van der Waals surface area contributed by atoms with Gasteiger partial charge in [-0.05, 0) is 41.6 Å². The summed E-state index contributed by atoms with van der Waals surface area (Å²) in [6, 6.07) is 4.77. The van der Waals surface area contributed by atoms with E-state index < -0.39 is 5.38 Å². The molecule has 1 atom stereocenters. The summed E-state index contributed by atoms with van der Waals surface area (Å²) in [5, 5.41) is 8.77. The lowest BCUT2D eigenvalue weighted by Gasteiger charge is -2.03. The third-order valence-electron chi connectivity index (χ3n) is 1.59. The van der Waals surface area contributed by atoms with Crippen LogP contribution in [-0.2, 0) is 0 Å². The molecule has 0 spiro atoms. The molecule has 1 aromatic carbocycles. The number of alkyl halides is 1. The minimum Gasteiger partial charge on any atom is -0.507 e. The molecular weight excluding hydrogens is 302 g/mol. The van der Waals surface area contributed by atoms with Gasteiger partial charge in [0.1, 0.15) is 5.75 Å². The van der Waals surface area contributed by atoms with Gasteiger partial charge < -0.3 is 5.11 Å². The van der Waals surface area contributed by atoms with Gasteiger partial charge in [0.15, 0.2) is 5.78 Å². The molecule has 0 aromatic heterocycles. The summed E-state index contributed by atoms with van der Waals surface area (Å²) in [4.78, 5) is 11.4. The van der Waals surface area contributed by atoms with Crippen LogP contribution >= 0.6 is 34.2 Å². The van der Waals surface area contributed by atoms with E-state index in [2.05, 4.69) is 0 Å². The zero-order valence-corrected chi connectivity index (χ0v) is 9.83. The first kappa shape index (κ1) is 10.8. The molecule has 13 heavy (non-hydrogen) atoms. The Morgan fingerprint density at radius 3 is 2.69 bits per heavy atom. The van der Waals surface area contributed by atoms with Gasteiger partial charge in [0.2, 0.25) is 0 Å². The Kier molecular flexibility index (Phi) is 3.55. The molecule has 0 saturated heterocycles. The molecule has 0 fully saturated rings. The predicted octanol–water partition coefficient (Wildman–Crippen LogP) is 2.81. The highest BCUT2D eigenvalue weighted by atomic mass is 127. The number of carbonyl (C=O) groups excluding carboxylic acids is 1. The second kappa shape index (κ2) is 4.28. The van der Waals surface area contributed by atoms with Crippen LogP contribution in [0.2, 0.25) is 0 Å². The van der Waals surface area contributed by atoms with Gasteiger partial charge in [-0.1, -0.05) is 6.07 Å². The highest BCUT2D eigenvalue weighted by molar-refractivity contribution is 14.1. The van der Waals surface area contributed by atoms with E-state index in [-0.39, 0.29) is 11.5 Å². The fraction of sp³-hybridized carbons (Fsp3) is 0.222. The first-order valence-corrected chi connectivity index (χ1v) is 5.20. The smallest absolute Gasteiger partial charge is 0.180 e. The summed E-state index contributed by atoms with van der Waals surface area (Å²) in [7, 11) is 0. The molecule has 1 aromatic rings. The van der Waals surface area contributed by atoms with Gasteiger partial charge in [-0.15, -0.1) is 11.6 Å². The van der Waals surface area contributed by atoms with Crippen molar-refractivity contribution in [2.75, 3.05) is 0 Å². The number of ketones is 1. The summed E-state index contributed by atoms with van der Waals surface area (Å²) in [5.41, 5.74) is 0.445. The maximum atomic E-state index is 11.4. The van der Waals surface area contributed by atoms with Crippen LogP contribution in [-0.4, -0.2) is 16.3 Å². The molecule has 0 aliphatic heterocycles. The summed E-state index contributed by atoms with van der Waals surface area (Å²) in [6.07, 6.45) is 0. The number of benzene rings is 1. The molecular formula is C9H8ClIO2. The molecule has 0 radical (unpaired) electrons. The fourth-order valence-corrected chi connectivity index (χ4v) is 1.36. The Morgan fingerprint density at radius 2 is 2.23 bits per heavy atom. The number of phenolic OH excluding ortho intramolecular Hbond substituents is 1. The van der Waals surface area contributed by atoms with E-state index in [1.807, 2.05) is 22.6 Å². The lowest BCUT2D eigenvalue weighted by molar-refractivity contribution is 0.0991. The van der Waals surface area contributed by atoms with Crippen LogP contribution < -0.4 is 0 Å². The third-order valence-corrected chi connectivity index (χ3v) is 2.70. The maximum absolute atomic E-state index is 11.4. The fourth-order valence-electron chi connectivity index (χ4n) is 0.896. The van der Waals surface area contributed by atoms with Crippen LogP contribution in [0.1, 0.15) is 17.3 Å². The van der Waals surface area contributed by atoms with Gasteiger partial charge in [-0.2, -0.15) is 0 Å². The molecule has 70 valence electrons. The topological polar surface area (TPSA) is 37.3 Å². The van der Waals surface area contributed by atoms with Crippen LogP contribution in [0, 0.1) is 3.57 Å². The first-order valence-electron chi connectivity index (χ1n) is 3.69. The summed E-state index contributed by atoms with van der Waals surface area (Å²) >= 11 is 7.61. The highest BCUT2D eigenvalue weighted by Crippen LogP contribution is 2.21. The molecule has 4 heteroatoms. The molecule has 0 amide bonds. The Bertz CT molecular complexity index is 336. The van der Waals surface area contributed by atoms with E-state index in [1.165, 1.54) is 6.07 Å². The molecule has 0 aliphatic carbocycles. The van der Waals surface area contributed by atoms with Gasteiger partial charge in [0, 0.05) is 5.56 Å². The molecule has 0 saturated carbocycles. The maximum Gasteiger partial charge on any atom is 0.180 e. The number of hydrogen-bond acceptors (Lipinski definition) is 2. The number of Topliss-reactive ketones (excluding diaryl/α,β-unsaturated/α-hetero) is 1. The minimum atomic E-state index is -0.556. The predicted molar refractivity (Wildman–Crippen MR) is 60.5 cm³/mol. The Morgan fingerprint density at radius 1 is 1.62 bits per heavy atom. The number of phenols is 1. The Labute approximate surface area is 95.0 Å². The van der Waals surface area contributed by atoms with Crippen LogP contribution in [0.4, 0.5) is 0 Å². The minimum absolute atomic E-state index is 0.115. The molecule has 0 aliphatic rings. The Balaban J connectivity index is 3.04. The van der Waals surface area contributed by atoms with Gasteiger partial charge in [-0.3, -0.25) is 4.79 Å². The van der Waals surface area contributed by atoms with E-state index >= 15 is 0 Å². The number of aromatic hydroxyl groups is 1. The van der Waals surface area contributed by atoms with Crippen molar-refractivity contribution in [2.45, 2.75) is 12.3 Å². The van der Waals surface area contributed by atoms with Crippen LogP contribution in [0.3, 0.4) is 0 Å². The van der Waals surface area contributed by atoms with E-state index in [1.54, 1.807) is 19.1 Å². The largest absolute Gasteiger partial charge is 0.507 e. The highest BCUT2D eigenvalue weighted by Gasteiger charge is 2.13. The first-order chi connectivity index (χ1) is 6.02. The molecule has 1 N–H and O–H groups in total. The van der Waals surface area contributed by atoms with Crippen molar-refractivity contribution >= 4 is 40.0 Å². The van der Waals surface area contributed by atoms with Gasteiger partial charge in [-0.25, -0.2) is 0 Å². The van der Waals surface area contributed by atoms with Crippen molar-refractivity contribution in [3.8, 4) is 5.75 Å². The SMILES string of the molecule is CC(Cl)C(=O)c1ccc(I)c(O)c1. The van der Waals surface area contributed by atoms with Crippen molar-refractivity contribution in [1.29, 1.82) is 0 Å². The third kappa shape index (κ3) is 2.57. The quantitative estimate of drug-likeness (QED) is 0.518. The summed E-state index contributed by atoms with van der Waals surface area (Å²) < 4.78 is 0.719. The lowest BCUT2D eigenvalue weighted by Crippen LogP contribution is -2.10. The second-order valence-corrected chi connectivity index (χ2v) is 4.46. The second-order valence-electron chi connectivity index (χ2n) is 2.65. The zero-order chi connectivity index (χ0) is 10.0. The van der Waals surface area contributed by atoms with Gasteiger partial charge in [0.05, 0.1) is 8.95 Å². The number of hydrogen-bond donors (Lipinski definition) is 1. The number of halogens is 2. The van der Waals surface area contributed by atoms with E-state index in [4.69, 9.17) is 11.6 Å². The van der Waals surface area contributed by atoms with Crippen LogP contribution in [0.5, 0.6) is 5.75 Å². The van der Waals surface area contributed by atoms with E-state index in [0.29, 0.717) is 5.56 Å². The van der Waals surface area contributed by atoms with Crippen molar-refractivity contribution in [3.05, 3.63) is 27.3 Å². The molecule has 0 bridgehead atoms. The van der Waals surface area contributed by atoms with Gasteiger partial charge >= 0.3 is 0 Å². The monoisotopic (exact) mass is 310 g/mol. The van der Waals surface area contributed by atoms with Crippen molar-refractivity contribution in [3.63, 3.8) is 0 Å². The van der Waals surface area contributed by atoms with E-state index in [0.717, 1.165) is 3.57 Å². The molecule has 2 nitrogen and oxygen atoms in total. The van der Waals surface area contributed by atoms with Crippen molar-refractivity contribution < 1.29 is 9.90 Å². The van der Waals surface area contributed by atoms with Crippen molar-refractivity contribution in [2.24, 2.45) is 0 Å². The molecule has 1 rings (SSSR count). The standard InChI is InChI=1S/C9H8ClIO2/c1-5(10)9(13)6-2-3-7(11)8(12)4-6/h2-5,12H,1H3. The average Bonchev–Trinajstić information content (AvgIpc) is 2.08. The van der Waals surface area contributed by atoms with E-state index in [9.17, 15) is 9.90 Å². The molecule has 1 unspecified atom stereocenters. The Hall–Kier alpha value is -0.290. The average molecular weight is 311 g/mol. The van der Waals surface area contributed by atoms with Gasteiger partial charge in [0.25, 0.3) is 0 Å². The summed E-state index contributed by atoms with van der Waals surface area (Å²) in [5.74, 6) is -0.0582. The zero-order valence-electron chi connectivity index (χ0n) is 6.92. The van der Waals surface area contributed by atoms with Crippen LogP contribution in [0.25, 0.3) is 0 Å². The lowest BCUT2D eigenvalue weighted by atomic mass is 10.1. The number of carbonyl (C=O) groups is 1. The van der Waals surface area contributed by atoms with Crippen molar-refractivity contribution in [1.82, 2.24) is 0 Å².